The fourth-order valence-electron chi connectivity index (χ4n) is 9.08. The molecule has 0 amide bonds. The van der Waals surface area contributed by atoms with Gasteiger partial charge in [0.25, 0.3) is 0 Å². The average Bonchev–Trinajstić information content (AvgIpc) is 3.13. The van der Waals surface area contributed by atoms with Crippen LogP contribution in [0.2, 0.25) is 0 Å². The van der Waals surface area contributed by atoms with Crippen molar-refractivity contribution in [1.29, 1.82) is 0 Å². The van der Waals surface area contributed by atoms with E-state index in [1.807, 2.05) is 0 Å². The van der Waals surface area contributed by atoms with Crippen LogP contribution < -0.4 is 0 Å². The van der Waals surface area contributed by atoms with Crippen LogP contribution in [0.4, 0.5) is 0 Å². The minimum absolute atomic E-state index is 0.0968. The van der Waals surface area contributed by atoms with Gasteiger partial charge < -0.3 is 20.1 Å². The van der Waals surface area contributed by atoms with E-state index in [0.717, 1.165) is 64.2 Å². The molecule has 0 heterocycles. The van der Waals surface area contributed by atoms with Crippen molar-refractivity contribution in [3.63, 3.8) is 0 Å². The first-order valence-electron chi connectivity index (χ1n) is 13.8. The van der Waals surface area contributed by atoms with E-state index in [9.17, 15) is 20.1 Å². The number of ether oxygens (including phenoxy) is 1. The Hall–Kier alpha value is -0.650. The largest absolute Gasteiger partial charge is 0.466 e. The zero-order valence-corrected chi connectivity index (χ0v) is 21.3. The Morgan fingerprint density at radius 3 is 2.55 bits per heavy atom. The molecule has 4 rings (SSSR count). The summed E-state index contributed by atoms with van der Waals surface area (Å²) in [5, 5.41) is 33.3. The smallest absolute Gasteiger partial charge is 0.305 e. The SMILES string of the molecule is CCCCOC(=O)CC[C@@H](C)[C@H]1CC[C@H]2[C@@H]3[C@H](O)C[C@@H]4C[C@H](O)CC[C@]4(C)[C@H]3C[C@H](O)[C@]12C. The van der Waals surface area contributed by atoms with Crippen LogP contribution in [-0.4, -0.2) is 46.2 Å². The van der Waals surface area contributed by atoms with Gasteiger partial charge in [0, 0.05) is 6.42 Å². The van der Waals surface area contributed by atoms with Crippen molar-refractivity contribution in [2.45, 2.75) is 117 Å². The minimum atomic E-state index is -0.371. The summed E-state index contributed by atoms with van der Waals surface area (Å²) in [6, 6.07) is 0. The zero-order valence-electron chi connectivity index (χ0n) is 21.3. The number of esters is 1. The molecule has 0 unspecified atom stereocenters. The Bertz CT molecular complexity index is 696. The van der Waals surface area contributed by atoms with E-state index in [1.54, 1.807) is 0 Å². The number of aliphatic hydroxyl groups is 3. The number of unbranched alkanes of at least 4 members (excludes halogenated alkanes) is 1. The highest BCUT2D eigenvalue weighted by Crippen LogP contribution is 2.68. The van der Waals surface area contributed by atoms with Gasteiger partial charge >= 0.3 is 5.97 Å². The van der Waals surface area contributed by atoms with Crippen LogP contribution in [0, 0.1) is 46.3 Å². The Morgan fingerprint density at radius 2 is 1.82 bits per heavy atom. The van der Waals surface area contributed by atoms with Gasteiger partial charge in [-0.2, -0.15) is 0 Å². The van der Waals surface area contributed by atoms with Gasteiger partial charge in [-0.3, -0.25) is 4.79 Å². The van der Waals surface area contributed by atoms with Gasteiger partial charge in [0.2, 0.25) is 0 Å². The van der Waals surface area contributed by atoms with E-state index in [0.29, 0.717) is 42.6 Å². The number of fused-ring (bicyclic) bond motifs is 5. The first kappa shape index (κ1) is 25.4. The molecule has 5 nitrogen and oxygen atoms in total. The molecular formula is C28H48O5. The molecule has 4 saturated carbocycles. The van der Waals surface area contributed by atoms with E-state index < -0.39 is 0 Å². The first-order chi connectivity index (χ1) is 15.6. The van der Waals surface area contributed by atoms with E-state index in [2.05, 4.69) is 27.7 Å². The molecule has 0 aromatic rings. The number of aliphatic hydroxyl groups excluding tert-OH is 3. The van der Waals surface area contributed by atoms with Crippen LogP contribution >= 0.6 is 0 Å². The number of rotatable bonds is 7. The molecule has 4 aliphatic rings. The summed E-state index contributed by atoms with van der Waals surface area (Å²) in [4.78, 5) is 12.2. The minimum Gasteiger partial charge on any atom is -0.466 e. The lowest BCUT2D eigenvalue weighted by molar-refractivity contribution is -0.207. The highest BCUT2D eigenvalue weighted by atomic mass is 16.5. The Morgan fingerprint density at radius 1 is 1.06 bits per heavy atom. The molecule has 190 valence electrons. The highest BCUT2D eigenvalue weighted by molar-refractivity contribution is 5.69. The Labute approximate surface area is 200 Å². The van der Waals surface area contributed by atoms with Crippen LogP contribution in [0.15, 0.2) is 0 Å². The predicted octanol–water partition coefficient (Wildman–Crippen LogP) is 4.71. The van der Waals surface area contributed by atoms with Crippen LogP contribution in [0.25, 0.3) is 0 Å². The quantitative estimate of drug-likeness (QED) is 0.375. The van der Waals surface area contributed by atoms with Crippen molar-refractivity contribution in [3.05, 3.63) is 0 Å². The summed E-state index contributed by atoms with van der Waals surface area (Å²) in [5.74, 6) is 1.87. The molecule has 0 aliphatic heterocycles. The van der Waals surface area contributed by atoms with Gasteiger partial charge in [-0.05, 0) is 104 Å². The van der Waals surface area contributed by atoms with Gasteiger partial charge in [0.05, 0.1) is 24.9 Å². The predicted molar refractivity (Wildman–Crippen MR) is 128 cm³/mol. The third kappa shape index (κ3) is 4.40. The van der Waals surface area contributed by atoms with E-state index >= 15 is 0 Å². The van der Waals surface area contributed by atoms with Gasteiger partial charge in [0.1, 0.15) is 0 Å². The number of hydrogen-bond acceptors (Lipinski definition) is 5. The van der Waals surface area contributed by atoms with E-state index in [1.165, 1.54) is 0 Å². The normalized spacial score (nSPS) is 47.8. The lowest BCUT2D eigenvalue weighted by Gasteiger charge is -2.63. The van der Waals surface area contributed by atoms with Crippen LogP contribution in [0.5, 0.6) is 0 Å². The third-order valence-corrected chi connectivity index (χ3v) is 11.1. The number of carbonyl (C=O) groups is 1. The second kappa shape index (κ2) is 9.78. The zero-order chi connectivity index (χ0) is 24.0. The standard InChI is InChI=1S/C28H48O5/c1-5-6-13-33-25(32)10-7-17(2)20-8-9-21-26-22(16-24(31)28(20,21)4)27(3)12-11-19(29)14-18(27)15-23(26)30/h17-24,26,29-31H,5-16H2,1-4H3/t17-,18+,19-,20-,21+,22+,23-,24+,26+,27+,28-/m1/s1. The molecule has 3 N–H and O–H groups in total. The average molecular weight is 465 g/mol. The molecule has 0 radical (unpaired) electrons. The molecular weight excluding hydrogens is 416 g/mol. The monoisotopic (exact) mass is 464 g/mol. The highest BCUT2D eigenvalue weighted by Gasteiger charge is 2.65. The molecule has 0 aromatic carbocycles. The maximum absolute atomic E-state index is 12.2. The maximum atomic E-state index is 12.2. The summed E-state index contributed by atoms with van der Waals surface area (Å²) >= 11 is 0. The van der Waals surface area contributed by atoms with E-state index in [4.69, 9.17) is 4.74 Å². The fourth-order valence-corrected chi connectivity index (χ4v) is 9.08. The molecule has 0 spiro atoms. The van der Waals surface area contributed by atoms with Crippen molar-refractivity contribution in [2.24, 2.45) is 46.3 Å². The molecule has 0 aromatic heterocycles. The molecule has 0 bridgehead atoms. The van der Waals surface area contributed by atoms with Gasteiger partial charge in [-0.1, -0.05) is 34.1 Å². The fraction of sp³-hybridized carbons (Fsp3) is 0.964. The van der Waals surface area contributed by atoms with Crippen molar-refractivity contribution in [1.82, 2.24) is 0 Å². The Balaban J connectivity index is 1.47. The molecule has 0 saturated heterocycles. The molecule has 5 heteroatoms. The molecule has 11 atom stereocenters. The third-order valence-electron chi connectivity index (χ3n) is 11.1. The topological polar surface area (TPSA) is 87.0 Å². The van der Waals surface area contributed by atoms with Crippen LogP contribution in [-0.2, 0) is 9.53 Å². The lowest BCUT2D eigenvalue weighted by Crippen LogP contribution is -2.62. The van der Waals surface area contributed by atoms with Gasteiger partial charge in [-0.25, -0.2) is 0 Å². The first-order valence-corrected chi connectivity index (χ1v) is 13.8. The Kier molecular flexibility index (Phi) is 7.54. The van der Waals surface area contributed by atoms with Crippen molar-refractivity contribution in [2.75, 3.05) is 6.61 Å². The van der Waals surface area contributed by atoms with Crippen molar-refractivity contribution >= 4 is 5.97 Å². The molecule has 4 fully saturated rings. The summed E-state index contributed by atoms with van der Waals surface area (Å²) < 4.78 is 5.36. The second-order valence-electron chi connectivity index (χ2n) is 12.6. The lowest BCUT2D eigenvalue weighted by atomic mass is 9.43. The summed E-state index contributed by atoms with van der Waals surface area (Å²) in [5.41, 5.74) is -0.0948. The number of hydrogen-bond donors (Lipinski definition) is 3. The summed E-state index contributed by atoms with van der Waals surface area (Å²) in [6.07, 6.45) is 8.58. The van der Waals surface area contributed by atoms with E-state index in [-0.39, 0.29) is 41.0 Å². The van der Waals surface area contributed by atoms with Gasteiger partial charge in [0.15, 0.2) is 0 Å². The second-order valence-corrected chi connectivity index (χ2v) is 12.6. The number of carbonyl (C=O) groups excluding carboxylic acids is 1. The van der Waals surface area contributed by atoms with Crippen LogP contribution in [0.1, 0.15) is 98.3 Å². The van der Waals surface area contributed by atoms with Crippen molar-refractivity contribution in [3.8, 4) is 0 Å². The molecule has 4 aliphatic carbocycles. The maximum Gasteiger partial charge on any atom is 0.305 e. The van der Waals surface area contributed by atoms with Gasteiger partial charge in [-0.15, -0.1) is 0 Å². The summed E-state index contributed by atoms with van der Waals surface area (Å²) in [6.45, 7) is 9.51. The van der Waals surface area contributed by atoms with Crippen molar-refractivity contribution < 1.29 is 24.9 Å². The summed E-state index contributed by atoms with van der Waals surface area (Å²) in [7, 11) is 0. The van der Waals surface area contributed by atoms with Crippen LogP contribution in [0.3, 0.4) is 0 Å². The molecule has 33 heavy (non-hydrogen) atoms.